The minimum atomic E-state index is -0.790. The Morgan fingerprint density at radius 1 is 1.22 bits per heavy atom. The van der Waals surface area contributed by atoms with E-state index in [0.29, 0.717) is 11.6 Å². The molecule has 0 amide bonds. The van der Waals surface area contributed by atoms with Crippen molar-refractivity contribution in [3.8, 4) is 0 Å². The molecule has 1 heterocycles. The van der Waals surface area contributed by atoms with Crippen molar-refractivity contribution in [1.29, 1.82) is 0 Å². The molecule has 94 valence electrons. The summed E-state index contributed by atoms with van der Waals surface area (Å²) in [4.78, 5) is 10.9. The normalized spacial score (nSPS) is 12.3. The molecule has 1 unspecified atom stereocenters. The van der Waals surface area contributed by atoms with Crippen LogP contribution in [-0.2, 0) is 11.3 Å². The predicted octanol–water partition coefficient (Wildman–Crippen LogP) is 3.40. The minimum Gasteiger partial charge on any atom is -0.481 e. The fourth-order valence-electron chi connectivity index (χ4n) is 1.98. The first-order valence-corrected chi connectivity index (χ1v) is 6.11. The van der Waals surface area contributed by atoms with Crippen LogP contribution in [0.1, 0.15) is 17.9 Å². The number of rotatable bonds is 5. The van der Waals surface area contributed by atoms with Crippen LogP contribution in [0.25, 0.3) is 0 Å². The molecule has 1 atom stereocenters. The summed E-state index contributed by atoms with van der Waals surface area (Å²) < 4.78 is 1.99. The zero-order valence-corrected chi connectivity index (χ0v) is 10.5. The third-order valence-corrected chi connectivity index (χ3v) is 3.11. The Morgan fingerprint density at radius 2 is 1.83 bits per heavy atom. The Kier molecular flexibility index (Phi) is 4.05. The zero-order chi connectivity index (χ0) is 13.0. The lowest BCUT2D eigenvalue weighted by atomic mass is 9.95. The Morgan fingerprint density at radius 3 is 2.39 bits per heavy atom. The van der Waals surface area contributed by atoms with Gasteiger partial charge in [-0.2, -0.15) is 0 Å². The van der Waals surface area contributed by atoms with Gasteiger partial charge in [0, 0.05) is 29.9 Å². The van der Waals surface area contributed by atoms with Gasteiger partial charge in [0.2, 0.25) is 0 Å². The number of halogens is 1. The molecule has 1 aromatic carbocycles. The maximum absolute atomic E-state index is 10.9. The summed E-state index contributed by atoms with van der Waals surface area (Å²) in [6, 6.07) is 11.2. The fraction of sp³-hybridized carbons (Fsp3) is 0.214. The molecule has 2 aromatic rings. The SMILES string of the molecule is O=C(O)CC(Cn1cccc1)c1ccc(Cl)cc1. The van der Waals surface area contributed by atoms with Crippen LogP contribution in [0.4, 0.5) is 0 Å². The predicted molar refractivity (Wildman–Crippen MR) is 70.9 cm³/mol. The maximum Gasteiger partial charge on any atom is 0.304 e. The number of hydrogen-bond acceptors (Lipinski definition) is 1. The van der Waals surface area contributed by atoms with E-state index in [1.807, 2.05) is 41.2 Å². The van der Waals surface area contributed by atoms with Crippen molar-refractivity contribution in [3.63, 3.8) is 0 Å². The standard InChI is InChI=1S/C14H14ClNO2/c15-13-5-3-11(4-6-13)12(9-14(17)18)10-16-7-1-2-8-16/h1-8,12H,9-10H2,(H,17,18). The van der Waals surface area contributed by atoms with Gasteiger partial charge in [0.15, 0.2) is 0 Å². The van der Waals surface area contributed by atoms with Crippen molar-refractivity contribution < 1.29 is 9.90 Å². The highest BCUT2D eigenvalue weighted by Gasteiger charge is 2.15. The number of nitrogens with zero attached hydrogens (tertiary/aromatic N) is 1. The highest BCUT2D eigenvalue weighted by molar-refractivity contribution is 6.30. The second-order valence-corrected chi connectivity index (χ2v) is 4.66. The second-order valence-electron chi connectivity index (χ2n) is 4.23. The largest absolute Gasteiger partial charge is 0.481 e. The molecule has 0 aliphatic heterocycles. The van der Waals surface area contributed by atoms with Crippen molar-refractivity contribution >= 4 is 17.6 Å². The summed E-state index contributed by atoms with van der Waals surface area (Å²) in [5, 5.41) is 9.65. The number of benzene rings is 1. The first-order chi connectivity index (χ1) is 8.65. The van der Waals surface area contributed by atoms with Gasteiger partial charge in [0.1, 0.15) is 0 Å². The van der Waals surface area contributed by atoms with Gasteiger partial charge in [-0.15, -0.1) is 0 Å². The highest BCUT2D eigenvalue weighted by atomic mass is 35.5. The van der Waals surface area contributed by atoms with E-state index in [0.717, 1.165) is 5.56 Å². The first kappa shape index (κ1) is 12.7. The van der Waals surface area contributed by atoms with Crippen molar-refractivity contribution in [2.75, 3.05) is 0 Å². The van der Waals surface area contributed by atoms with E-state index < -0.39 is 5.97 Å². The fourth-order valence-corrected chi connectivity index (χ4v) is 2.11. The van der Waals surface area contributed by atoms with Gasteiger partial charge in [0.05, 0.1) is 6.42 Å². The molecule has 3 nitrogen and oxygen atoms in total. The van der Waals surface area contributed by atoms with Crippen molar-refractivity contribution in [2.45, 2.75) is 18.9 Å². The third-order valence-electron chi connectivity index (χ3n) is 2.86. The molecule has 0 saturated carbocycles. The van der Waals surface area contributed by atoms with Crippen LogP contribution in [0.2, 0.25) is 5.02 Å². The van der Waals surface area contributed by atoms with Gasteiger partial charge in [-0.1, -0.05) is 23.7 Å². The molecular weight excluding hydrogens is 250 g/mol. The number of carboxylic acids is 1. The van der Waals surface area contributed by atoms with Crippen LogP contribution in [-0.4, -0.2) is 15.6 Å². The van der Waals surface area contributed by atoms with Crippen LogP contribution < -0.4 is 0 Å². The Labute approximate surface area is 111 Å². The molecular formula is C14H14ClNO2. The monoisotopic (exact) mass is 263 g/mol. The summed E-state index contributed by atoms with van der Waals surface area (Å²) in [5.74, 6) is -0.839. The highest BCUT2D eigenvalue weighted by Crippen LogP contribution is 2.23. The molecule has 0 aliphatic carbocycles. The number of aliphatic carboxylic acids is 1. The summed E-state index contributed by atoms with van der Waals surface area (Å²) in [7, 11) is 0. The summed E-state index contributed by atoms with van der Waals surface area (Å²) in [6.45, 7) is 0.654. The lowest BCUT2D eigenvalue weighted by Gasteiger charge is -2.16. The first-order valence-electron chi connectivity index (χ1n) is 5.73. The van der Waals surface area contributed by atoms with Gasteiger partial charge < -0.3 is 9.67 Å². The van der Waals surface area contributed by atoms with Gasteiger partial charge in [0.25, 0.3) is 0 Å². The minimum absolute atomic E-state index is 0.0489. The van der Waals surface area contributed by atoms with E-state index in [9.17, 15) is 4.79 Å². The molecule has 0 saturated heterocycles. The van der Waals surface area contributed by atoms with Gasteiger partial charge in [-0.05, 0) is 29.8 Å². The number of hydrogen-bond donors (Lipinski definition) is 1. The summed E-state index contributed by atoms with van der Waals surface area (Å²) in [5.41, 5.74) is 0.996. The van der Waals surface area contributed by atoms with Crippen LogP contribution in [0.5, 0.6) is 0 Å². The van der Waals surface area contributed by atoms with Crippen molar-refractivity contribution in [3.05, 3.63) is 59.4 Å². The van der Waals surface area contributed by atoms with Gasteiger partial charge in [-0.3, -0.25) is 4.79 Å². The van der Waals surface area contributed by atoms with Crippen LogP contribution in [0.15, 0.2) is 48.8 Å². The molecule has 1 N–H and O–H groups in total. The molecule has 0 aliphatic rings. The van der Waals surface area contributed by atoms with E-state index in [1.165, 1.54) is 0 Å². The molecule has 0 fully saturated rings. The Balaban J connectivity index is 2.19. The topological polar surface area (TPSA) is 42.2 Å². The van der Waals surface area contributed by atoms with E-state index in [1.54, 1.807) is 12.1 Å². The van der Waals surface area contributed by atoms with Gasteiger partial charge in [-0.25, -0.2) is 0 Å². The number of carboxylic acid groups (broad SMARTS) is 1. The van der Waals surface area contributed by atoms with E-state index in [2.05, 4.69) is 0 Å². The average Bonchev–Trinajstić information content (AvgIpc) is 2.81. The average molecular weight is 264 g/mol. The quantitative estimate of drug-likeness (QED) is 0.898. The molecule has 1 aromatic heterocycles. The molecule has 0 bridgehead atoms. The maximum atomic E-state index is 10.9. The smallest absolute Gasteiger partial charge is 0.304 e. The van der Waals surface area contributed by atoms with E-state index >= 15 is 0 Å². The van der Waals surface area contributed by atoms with Crippen molar-refractivity contribution in [2.24, 2.45) is 0 Å². The van der Waals surface area contributed by atoms with Crippen LogP contribution in [0, 0.1) is 0 Å². The lowest BCUT2D eigenvalue weighted by molar-refractivity contribution is -0.137. The number of aromatic nitrogens is 1. The van der Waals surface area contributed by atoms with Crippen LogP contribution >= 0.6 is 11.6 Å². The summed E-state index contributed by atoms with van der Waals surface area (Å²) >= 11 is 5.84. The zero-order valence-electron chi connectivity index (χ0n) is 9.79. The summed E-state index contributed by atoms with van der Waals surface area (Å²) in [6.07, 6.45) is 3.98. The second kappa shape index (κ2) is 5.74. The molecule has 0 radical (unpaired) electrons. The van der Waals surface area contributed by atoms with Crippen molar-refractivity contribution in [1.82, 2.24) is 4.57 Å². The third kappa shape index (κ3) is 3.37. The van der Waals surface area contributed by atoms with Gasteiger partial charge >= 0.3 is 5.97 Å². The number of carbonyl (C=O) groups is 1. The van der Waals surface area contributed by atoms with Crippen LogP contribution in [0.3, 0.4) is 0 Å². The Hall–Kier alpha value is -1.74. The lowest BCUT2D eigenvalue weighted by Crippen LogP contribution is -2.12. The molecule has 0 spiro atoms. The molecule has 18 heavy (non-hydrogen) atoms. The van der Waals surface area contributed by atoms with E-state index in [4.69, 9.17) is 16.7 Å². The Bertz CT molecular complexity index is 505. The van der Waals surface area contributed by atoms with E-state index in [-0.39, 0.29) is 12.3 Å². The molecule has 2 rings (SSSR count). The molecule has 4 heteroatoms.